The fraction of sp³-hybridized carbons (Fsp3) is 0.0175. The van der Waals surface area contributed by atoms with Crippen LogP contribution in [0.25, 0.3) is 33.0 Å². The molecule has 9 aromatic carbocycles. The molecule has 0 saturated carbocycles. The van der Waals surface area contributed by atoms with Crippen LogP contribution in [0, 0.1) is 6.92 Å². The third-order valence-corrected chi connectivity index (χ3v) is 10.8. The van der Waals surface area contributed by atoms with E-state index in [1.54, 1.807) is 0 Å². The first-order chi connectivity index (χ1) is 29.2. The Morgan fingerprint density at radius 3 is 1.14 bits per heavy atom. The molecule has 0 N–H and O–H groups in total. The maximum atomic E-state index is 2.34. The molecule has 0 aliphatic carbocycles. The SMILES string of the molecule is Cc1ccc(N(C=C(c2ccccc2)c2ccccc2)c2ccc(-c3ccc(N(C=C(c4ccccc4)c4ccccc4)c4cccc5ccccc45)cc3)cc2)cc1. The highest BCUT2D eigenvalue weighted by Crippen LogP contribution is 2.38. The highest BCUT2D eigenvalue weighted by molar-refractivity contribution is 5.98. The Hall–Kier alpha value is -7.68. The number of benzene rings is 9. The Morgan fingerprint density at radius 2 is 0.678 bits per heavy atom. The maximum Gasteiger partial charge on any atom is 0.0534 e. The Kier molecular flexibility index (Phi) is 10.8. The van der Waals surface area contributed by atoms with Gasteiger partial charge in [0.2, 0.25) is 0 Å². The molecule has 0 heterocycles. The molecule has 0 fully saturated rings. The number of nitrogens with zero attached hydrogens (tertiary/aromatic N) is 2. The standard InChI is InChI=1S/C57H44N2/c1-43-29-35-51(36-30-43)58(41-55(47-17-6-2-7-18-47)48-19-8-3-9-20-48)52-37-31-44(32-38-52)45-33-39-53(40-34-45)59(57-28-16-26-46-25-14-15-27-54(46)57)42-56(49-21-10-4-11-22-49)50-23-12-5-13-24-50/h2-42H,1H3. The number of hydrogen-bond acceptors (Lipinski definition) is 2. The average molecular weight is 757 g/mol. The molecule has 0 bridgehead atoms. The molecule has 2 heteroatoms. The van der Waals surface area contributed by atoms with Crippen molar-refractivity contribution < 1.29 is 0 Å². The molecule has 59 heavy (non-hydrogen) atoms. The van der Waals surface area contributed by atoms with Gasteiger partial charge in [-0.3, -0.25) is 0 Å². The van der Waals surface area contributed by atoms with E-state index in [2.05, 4.69) is 266 Å². The van der Waals surface area contributed by atoms with Gasteiger partial charge in [0.15, 0.2) is 0 Å². The normalized spacial score (nSPS) is 10.8. The van der Waals surface area contributed by atoms with E-state index in [0.29, 0.717) is 0 Å². The quantitative estimate of drug-likeness (QED) is 0.130. The zero-order valence-electron chi connectivity index (χ0n) is 33.1. The minimum absolute atomic E-state index is 1.08. The van der Waals surface area contributed by atoms with Crippen LogP contribution < -0.4 is 9.80 Å². The molecule has 2 nitrogen and oxygen atoms in total. The van der Waals surface area contributed by atoms with Crippen LogP contribution in [0.4, 0.5) is 22.7 Å². The van der Waals surface area contributed by atoms with E-state index in [0.717, 1.165) is 56.1 Å². The summed E-state index contributed by atoms with van der Waals surface area (Å²) in [6, 6.07) is 84.4. The lowest BCUT2D eigenvalue weighted by atomic mass is 9.98. The van der Waals surface area contributed by atoms with Crippen LogP contribution in [-0.4, -0.2) is 0 Å². The van der Waals surface area contributed by atoms with Crippen molar-refractivity contribution in [3.05, 3.63) is 277 Å². The van der Waals surface area contributed by atoms with Gasteiger partial charge in [0.25, 0.3) is 0 Å². The lowest BCUT2D eigenvalue weighted by Crippen LogP contribution is -2.11. The van der Waals surface area contributed by atoms with Crippen molar-refractivity contribution in [2.75, 3.05) is 9.80 Å². The van der Waals surface area contributed by atoms with E-state index < -0.39 is 0 Å². The monoisotopic (exact) mass is 756 g/mol. The van der Waals surface area contributed by atoms with Crippen molar-refractivity contribution in [1.82, 2.24) is 0 Å². The number of fused-ring (bicyclic) bond motifs is 1. The van der Waals surface area contributed by atoms with Gasteiger partial charge >= 0.3 is 0 Å². The summed E-state index contributed by atoms with van der Waals surface area (Å²) in [4.78, 5) is 4.64. The summed E-state index contributed by atoms with van der Waals surface area (Å²) in [7, 11) is 0. The lowest BCUT2D eigenvalue weighted by Gasteiger charge is -2.25. The third-order valence-electron chi connectivity index (χ3n) is 10.8. The van der Waals surface area contributed by atoms with Gasteiger partial charge in [-0.15, -0.1) is 0 Å². The molecular weight excluding hydrogens is 713 g/mol. The molecular formula is C57H44N2. The molecule has 0 aliphatic heterocycles. The Morgan fingerprint density at radius 1 is 0.322 bits per heavy atom. The number of aryl methyl sites for hydroxylation is 1. The fourth-order valence-electron chi connectivity index (χ4n) is 7.69. The highest BCUT2D eigenvalue weighted by atomic mass is 15.1. The Bertz CT molecular complexity index is 2740. The van der Waals surface area contributed by atoms with E-state index in [9.17, 15) is 0 Å². The van der Waals surface area contributed by atoms with Crippen LogP contribution in [-0.2, 0) is 0 Å². The van der Waals surface area contributed by atoms with Crippen LogP contribution >= 0.6 is 0 Å². The van der Waals surface area contributed by atoms with Gasteiger partial charge in [0.05, 0.1) is 5.69 Å². The van der Waals surface area contributed by atoms with Crippen molar-refractivity contribution in [2.45, 2.75) is 6.92 Å². The highest BCUT2D eigenvalue weighted by Gasteiger charge is 2.16. The summed E-state index contributed by atoms with van der Waals surface area (Å²) in [5.41, 5.74) is 14.9. The van der Waals surface area contributed by atoms with Crippen molar-refractivity contribution in [1.29, 1.82) is 0 Å². The van der Waals surface area contributed by atoms with E-state index in [4.69, 9.17) is 0 Å². The topological polar surface area (TPSA) is 6.48 Å². The lowest BCUT2D eigenvalue weighted by molar-refractivity contribution is 1.27. The van der Waals surface area contributed by atoms with E-state index in [-0.39, 0.29) is 0 Å². The zero-order chi connectivity index (χ0) is 39.8. The minimum atomic E-state index is 1.08. The third kappa shape index (κ3) is 8.25. The molecule has 9 rings (SSSR count). The number of hydrogen-bond donors (Lipinski definition) is 0. The smallest absolute Gasteiger partial charge is 0.0534 e. The van der Waals surface area contributed by atoms with Crippen LogP contribution in [0.5, 0.6) is 0 Å². The maximum absolute atomic E-state index is 2.34. The first-order valence-electron chi connectivity index (χ1n) is 20.2. The number of anilines is 4. The molecule has 0 atom stereocenters. The van der Waals surface area contributed by atoms with Crippen molar-refractivity contribution in [3.8, 4) is 11.1 Å². The Balaban J connectivity index is 1.10. The molecule has 0 aromatic heterocycles. The summed E-state index contributed by atoms with van der Waals surface area (Å²) in [5.74, 6) is 0. The molecule has 0 amide bonds. The molecule has 0 saturated heterocycles. The zero-order valence-corrected chi connectivity index (χ0v) is 33.1. The summed E-state index contributed by atoms with van der Waals surface area (Å²) in [5, 5.41) is 2.40. The molecule has 0 unspecified atom stereocenters. The molecule has 0 aliphatic rings. The van der Waals surface area contributed by atoms with E-state index >= 15 is 0 Å². The molecule has 9 aromatic rings. The predicted octanol–water partition coefficient (Wildman–Crippen LogP) is 15.3. The minimum Gasteiger partial charge on any atom is -0.317 e. The molecule has 282 valence electrons. The van der Waals surface area contributed by atoms with Crippen LogP contribution in [0.15, 0.2) is 249 Å². The van der Waals surface area contributed by atoms with Gasteiger partial charge in [-0.05, 0) is 88.2 Å². The largest absolute Gasteiger partial charge is 0.317 e. The van der Waals surface area contributed by atoms with Gasteiger partial charge in [0.1, 0.15) is 0 Å². The van der Waals surface area contributed by atoms with E-state index in [1.807, 2.05) is 0 Å². The summed E-state index contributed by atoms with van der Waals surface area (Å²) < 4.78 is 0. The van der Waals surface area contributed by atoms with Crippen molar-refractivity contribution >= 4 is 44.7 Å². The average Bonchev–Trinajstić information content (AvgIpc) is 3.31. The summed E-state index contributed by atoms with van der Waals surface area (Å²) in [6.07, 6.45) is 4.57. The second-order valence-corrected chi connectivity index (χ2v) is 14.7. The van der Waals surface area contributed by atoms with Crippen molar-refractivity contribution in [2.24, 2.45) is 0 Å². The fourth-order valence-corrected chi connectivity index (χ4v) is 7.69. The van der Waals surface area contributed by atoms with Gasteiger partial charge in [0, 0.05) is 46.0 Å². The second kappa shape index (κ2) is 17.2. The molecule has 0 spiro atoms. The predicted molar refractivity (Wildman–Crippen MR) is 251 cm³/mol. The van der Waals surface area contributed by atoms with Gasteiger partial charge < -0.3 is 9.80 Å². The van der Waals surface area contributed by atoms with Crippen molar-refractivity contribution in [3.63, 3.8) is 0 Å². The first-order valence-corrected chi connectivity index (χ1v) is 20.2. The van der Waals surface area contributed by atoms with Crippen LogP contribution in [0.2, 0.25) is 0 Å². The Labute approximate surface area is 347 Å². The van der Waals surface area contributed by atoms with Gasteiger partial charge in [-0.25, -0.2) is 0 Å². The van der Waals surface area contributed by atoms with Crippen LogP contribution in [0.3, 0.4) is 0 Å². The first kappa shape index (κ1) is 36.9. The summed E-state index contributed by atoms with van der Waals surface area (Å²) in [6.45, 7) is 2.13. The van der Waals surface area contributed by atoms with E-state index in [1.165, 1.54) is 27.5 Å². The van der Waals surface area contributed by atoms with Gasteiger partial charge in [-0.1, -0.05) is 200 Å². The second-order valence-electron chi connectivity index (χ2n) is 14.7. The van der Waals surface area contributed by atoms with Gasteiger partial charge in [-0.2, -0.15) is 0 Å². The number of rotatable bonds is 11. The molecule has 0 radical (unpaired) electrons. The summed E-state index contributed by atoms with van der Waals surface area (Å²) >= 11 is 0. The van der Waals surface area contributed by atoms with Crippen LogP contribution in [0.1, 0.15) is 27.8 Å².